The largest absolute Gasteiger partial charge is 0.465 e. The van der Waals surface area contributed by atoms with Gasteiger partial charge in [-0.3, -0.25) is 0 Å². The zero-order chi connectivity index (χ0) is 6.69. The van der Waals surface area contributed by atoms with Gasteiger partial charge in [-0.1, -0.05) is 27.7 Å². The highest BCUT2D eigenvalue weighted by Crippen LogP contribution is 2.36. The Morgan fingerprint density at radius 3 is 3.11 bits per heavy atom. The Labute approximate surface area is 61.4 Å². The second-order valence-corrected chi connectivity index (χ2v) is 3.81. The summed E-state index contributed by atoms with van der Waals surface area (Å²) in [6, 6.07) is 0. The SMILES string of the molecule is COC(=O)C1=CCSS1. The lowest BCUT2D eigenvalue weighted by molar-refractivity contribution is -0.135. The molecule has 4 heteroatoms. The molecule has 1 aliphatic rings. The first-order valence-electron chi connectivity index (χ1n) is 2.42. The summed E-state index contributed by atoms with van der Waals surface area (Å²) in [6.07, 6.45) is 1.88. The van der Waals surface area contributed by atoms with Gasteiger partial charge < -0.3 is 4.74 Å². The van der Waals surface area contributed by atoms with Crippen LogP contribution >= 0.6 is 21.6 Å². The molecule has 0 aromatic rings. The minimum atomic E-state index is -0.218. The molecule has 0 unspecified atom stereocenters. The standard InChI is InChI=1S/C5H6O2S2/c1-7-5(6)4-2-3-8-9-4/h2H,3H2,1H3. The Hall–Kier alpha value is -0.0900. The fraction of sp³-hybridized carbons (Fsp3) is 0.400. The summed E-state index contributed by atoms with van der Waals surface area (Å²) in [5.41, 5.74) is 0. The van der Waals surface area contributed by atoms with E-state index in [9.17, 15) is 4.79 Å². The highest BCUT2D eigenvalue weighted by Gasteiger charge is 2.14. The zero-order valence-corrected chi connectivity index (χ0v) is 6.55. The van der Waals surface area contributed by atoms with Crippen LogP contribution in [0.15, 0.2) is 11.0 Å². The van der Waals surface area contributed by atoms with Crippen LogP contribution in [-0.4, -0.2) is 18.8 Å². The van der Waals surface area contributed by atoms with E-state index in [1.165, 1.54) is 17.9 Å². The Bertz CT molecular complexity index is 153. The number of carbonyl (C=O) groups excluding carboxylic acids is 1. The van der Waals surface area contributed by atoms with Crippen molar-refractivity contribution < 1.29 is 9.53 Å². The molecule has 1 rings (SSSR count). The van der Waals surface area contributed by atoms with Crippen molar-refractivity contribution in [2.24, 2.45) is 0 Å². The summed E-state index contributed by atoms with van der Waals surface area (Å²) in [5, 5.41) is 0. The maximum absolute atomic E-state index is 10.7. The summed E-state index contributed by atoms with van der Waals surface area (Å²) in [5.74, 6) is 0.694. The van der Waals surface area contributed by atoms with Crippen molar-refractivity contribution in [2.45, 2.75) is 0 Å². The topological polar surface area (TPSA) is 26.3 Å². The molecular weight excluding hydrogens is 156 g/mol. The van der Waals surface area contributed by atoms with Crippen molar-refractivity contribution in [3.8, 4) is 0 Å². The number of hydrogen-bond donors (Lipinski definition) is 0. The molecule has 0 saturated heterocycles. The van der Waals surface area contributed by atoms with Gasteiger partial charge in [-0.05, 0) is 0 Å². The molecule has 0 atom stereocenters. The summed E-state index contributed by atoms with van der Waals surface area (Å²) in [4.78, 5) is 11.4. The van der Waals surface area contributed by atoms with E-state index in [0.717, 1.165) is 10.7 Å². The zero-order valence-electron chi connectivity index (χ0n) is 4.92. The van der Waals surface area contributed by atoms with E-state index in [4.69, 9.17) is 0 Å². The van der Waals surface area contributed by atoms with Crippen molar-refractivity contribution in [3.05, 3.63) is 11.0 Å². The van der Waals surface area contributed by atoms with Crippen LogP contribution < -0.4 is 0 Å². The molecule has 0 spiro atoms. The average molecular weight is 162 g/mol. The van der Waals surface area contributed by atoms with Gasteiger partial charge in [0.2, 0.25) is 0 Å². The lowest BCUT2D eigenvalue weighted by Crippen LogP contribution is -1.98. The van der Waals surface area contributed by atoms with Crippen molar-refractivity contribution >= 4 is 27.6 Å². The average Bonchev–Trinajstić information content (AvgIpc) is 2.37. The van der Waals surface area contributed by atoms with Crippen molar-refractivity contribution in [1.29, 1.82) is 0 Å². The summed E-state index contributed by atoms with van der Waals surface area (Å²) in [6.45, 7) is 0. The van der Waals surface area contributed by atoms with Gasteiger partial charge in [0, 0.05) is 5.75 Å². The number of methoxy groups -OCH3 is 1. The molecule has 0 amide bonds. The van der Waals surface area contributed by atoms with E-state index in [2.05, 4.69) is 4.74 Å². The van der Waals surface area contributed by atoms with Gasteiger partial charge in [-0.25, -0.2) is 4.79 Å². The molecule has 1 aliphatic heterocycles. The Balaban J connectivity index is 2.51. The second kappa shape index (κ2) is 3.17. The molecule has 0 aromatic carbocycles. The molecule has 2 nitrogen and oxygen atoms in total. The normalized spacial score (nSPS) is 17.2. The molecule has 0 N–H and O–H groups in total. The van der Waals surface area contributed by atoms with Crippen LogP contribution in [0.25, 0.3) is 0 Å². The summed E-state index contributed by atoms with van der Waals surface area (Å²) >= 11 is 0. The van der Waals surface area contributed by atoms with E-state index in [0.29, 0.717) is 0 Å². The van der Waals surface area contributed by atoms with Crippen LogP contribution in [0.1, 0.15) is 0 Å². The first kappa shape index (κ1) is 7.02. The minimum Gasteiger partial charge on any atom is -0.465 e. The third-order valence-electron chi connectivity index (χ3n) is 0.872. The van der Waals surface area contributed by atoms with E-state index in [1.54, 1.807) is 10.8 Å². The van der Waals surface area contributed by atoms with Crippen LogP contribution in [0.3, 0.4) is 0 Å². The quantitative estimate of drug-likeness (QED) is 0.430. The van der Waals surface area contributed by atoms with Gasteiger partial charge >= 0.3 is 5.97 Å². The van der Waals surface area contributed by atoms with Crippen LogP contribution in [-0.2, 0) is 9.53 Å². The van der Waals surface area contributed by atoms with Crippen LogP contribution in [0.5, 0.6) is 0 Å². The maximum Gasteiger partial charge on any atom is 0.344 e. The molecule has 0 saturated carbocycles. The van der Waals surface area contributed by atoms with Gasteiger partial charge in [-0.2, -0.15) is 0 Å². The van der Waals surface area contributed by atoms with E-state index < -0.39 is 0 Å². The fourth-order valence-corrected chi connectivity index (χ4v) is 2.49. The minimum absolute atomic E-state index is 0.218. The van der Waals surface area contributed by atoms with Crippen molar-refractivity contribution in [2.75, 3.05) is 12.9 Å². The van der Waals surface area contributed by atoms with Crippen LogP contribution in [0, 0.1) is 0 Å². The van der Waals surface area contributed by atoms with Crippen LogP contribution in [0.2, 0.25) is 0 Å². The van der Waals surface area contributed by atoms with Gasteiger partial charge in [0.25, 0.3) is 0 Å². The number of esters is 1. The van der Waals surface area contributed by atoms with E-state index in [1.807, 2.05) is 6.08 Å². The maximum atomic E-state index is 10.7. The van der Waals surface area contributed by atoms with Gasteiger partial charge in [0.15, 0.2) is 0 Å². The molecule has 0 radical (unpaired) electrons. The summed E-state index contributed by atoms with van der Waals surface area (Å²) in [7, 11) is 4.52. The predicted molar refractivity (Wildman–Crippen MR) is 40.1 cm³/mol. The predicted octanol–water partition coefficient (Wildman–Crippen LogP) is 1.44. The third-order valence-corrected chi connectivity index (χ3v) is 3.11. The lowest BCUT2D eigenvalue weighted by Gasteiger charge is -1.94. The molecule has 50 valence electrons. The second-order valence-electron chi connectivity index (χ2n) is 1.43. The molecule has 9 heavy (non-hydrogen) atoms. The molecule has 0 aliphatic carbocycles. The number of carbonyl (C=O) groups is 1. The number of rotatable bonds is 1. The Morgan fingerprint density at radius 1 is 1.89 bits per heavy atom. The number of ether oxygens (including phenoxy) is 1. The highest BCUT2D eigenvalue weighted by molar-refractivity contribution is 8.78. The van der Waals surface area contributed by atoms with Crippen LogP contribution in [0.4, 0.5) is 0 Å². The lowest BCUT2D eigenvalue weighted by atomic mass is 10.5. The summed E-state index contributed by atoms with van der Waals surface area (Å²) < 4.78 is 4.49. The molecule has 0 bridgehead atoms. The van der Waals surface area contributed by atoms with Gasteiger partial charge in [0.05, 0.1) is 7.11 Å². The van der Waals surface area contributed by atoms with Gasteiger partial charge in [-0.15, -0.1) is 0 Å². The Morgan fingerprint density at radius 2 is 2.67 bits per heavy atom. The Kier molecular flexibility index (Phi) is 2.48. The first-order chi connectivity index (χ1) is 4.34. The molecular formula is C5H6O2S2. The van der Waals surface area contributed by atoms with E-state index >= 15 is 0 Å². The number of hydrogen-bond acceptors (Lipinski definition) is 4. The monoisotopic (exact) mass is 162 g/mol. The molecule has 0 aromatic heterocycles. The van der Waals surface area contributed by atoms with Gasteiger partial charge in [0.1, 0.15) is 4.91 Å². The van der Waals surface area contributed by atoms with E-state index in [-0.39, 0.29) is 5.97 Å². The van der Waals surface area contributed by atoms with Crippen molar-refractivity contribution in [3.63, 3.8) is 0 Å². The first-order valence-corrected chi connectivity index (χ1v) is 4.74. The third kappa shape index (κ3) is 1.66. The van der Waals surface area contributed by atoms with Crippen molar-refractivity contribution in [1.82, 2.24) is 0 Å². The fourth-order valence-electron chi connectivity index (χ4n) is 0.459. The highest BCUT2D eigenvalue weighted by atomic mass is 33.1. The molecule has 0 fully saturated rings. The smallest absolute Gasteiger partial charge is 0.344 e. The molecule has 1 heterocycles.